The Labute approximate surface area is 192 Å². The van der Waals surface area contributed by atoms with E-state index in [0.717, 1.165) is 43.9 Å². The molecule has 33 heavy (non-hydrogen) atoms. The molecule has 3 amide bonds. The predicted octanol–water partition coefficient (Wildman–Crippen LogP) is 3.00. The maximum absolute atomic E-state index is 13.0. The van der Waals surface area contributed by atoms with Crippen molar-refractivity contribution in [3.05, 3.63) is 42.6 Å². The van der Waals surface area contributed by atoms with Gasteiger partial charge in [0.15, 0.2) is 0 Å². The highest BCUT2D eigenvalue weighted by Gasteiger charge is 2.36. The maximum atomic E-state index is 13.0. The van der Waals surface area contributed by atoms with Gasteiger partial charge in [0.25, 0.3) is 5.91 Å². The molecule has 2 aliphatic rings. The minimum atomic E-state index is -0.582. The summed E-state index contributed by atoms with van der Waals surface area (Å²) in [6.07, 6.45) is 6.12. The van der Waals surface area contributed by atoms with Gasteiger partial charge in [-0.1, -0.05) is 31.6 Å². The fourth-order valence-corrected chi connectivity index (χ4v) is 4.32. The van der Waals surface area contributed by atoms with Gasteiger partial charge in [-0.2, -0.15) is 0 Å². The van der Waals surface area contributed by atoms with Crippen LogP contribution < -0.4 is 21.7 Å². The van der Waals surface area contributed by atoms with E-state index in [4.69, 9.17) is 10.5 Å². The van der Waals surface area contributed by atoms with E-state index in [0.29, 0.717) is 22.8 Å². The average molecular weight is 454 g/mol. The Hall–Kier alpha value is -3.33. The van der Waals surface area contributed by atoms with Crippen molar-refractivity contribution in [1.29, 1.82) is 0 Å². The first-order valence-corrected chi connectivity index (χ1v) is 11.5. The molecule has 0 bridgehead atoms. The Bertz CT molecular complexity index is 1040. The molecular weight excluding hydrogens is 422 g/mol. The number of anilines is 1. The summed E-state index contributed by atoms with van der Waals surface area (Å²) in [6, 6.07) is 6.79. The number of carbonyl (C=O) groups is 3. The molecule has 3 atom stereocenters. The van der Waals surface area contributed by atoms with Gasteiger partial charge in [0.05, 0.1) is 12.1 Å². The van der Waals surface area contributed by atoms with Crippen molar-refractivity contribution in [2.45, 2.75) is 50.7 Å². The first kappa shape index (κ1) is 22.8. The van der Waals surface area contributed by atoms with Crippen LogP contribution in [0.1, 0.15) is 49.0 Å². The van der Waals surface area contributed by atoms with E-state index in [1.165, 1.54) is 6.08 Å². The predicted molar refractivity (Wildman–Crippen MR) is 126 cm³/mol. The van der Waals surface area contributed by atoms with Crippen LogP contribution in [-0.4, -0.2) is 41.7 Å². The fourth-order valence-electron chi connectivity index (χ4n) is 4.32. The number of benzene rings is 1. The van der Waals surface area contributed by atoms with Gasteiger partial charge in [-0.15, -0.1) is 0 Å². The van der Waals surface area contributed by atoms with Gasteiger partial charge in [0, 0.05) is 22.6 Å². The second-order valence-electron chi connectivity index (χ2n) is 8.84. The molecule has 2 fully saturated rings. The molecule has 1 aromatic heterocycles. The first-order chi connectivity index (χ1) is 15.9. The SMILES string of the molecule is C=CCOC(=O)Nc1ccc2cc(C(=O)N[C@H]3CCCC[C@H]3C(=O)N[C@H](N)C3CC3)[nH]c2c1. The van der Waals surface area contributed by atoms with E-state index >= 15 is 0 Å². The number of rotatable bonds is 8. The first-order valence-electron chi connectivity index (χ1n) is 11.5. The minimum Gasteiger partial charge on any atom is -0.445 e. The van der Waals surface area contributed by atoms with Crippen LogP contribution in [0.3, 0.4) is 0 Å². The van der Waals surface area contributed by atoms with Crippen molar-refractivity contribution in [2.75, 3.05) is 11.9 Å². The quantitative estimate of drug-likeness (QED) is 0.309. The van der Waals surface area contributed by atoms with Crippen molar-refractivity contribution >= 4 is 34.5 Å². The standard InChI is InChI=1S/C24H31N5O4/c1-2-11-33-24(32)26-16-10-9-15-12-20(27-19(15)13-16)23(31)28-18-6-4-3-5-17(18)22(30)29-21(25)14-7-8-14/h2,9-10,12-14,17-18,21,27H,1,3-8,11,25H2,(H,26,32)(H,28,31)(H,29,30)/t17-,18+,21+/m1/s1. The highest BCUT2D eigenvalue weighted by Crippen LogP contribution is 2.31. The summed E-state index contributed by atoms with van der Waals surface area (Å²) in [7, 11) is 0. The van der Waals surface area contributed by atoms with Gasteiger partial charge in [-0.05, 0) is 49.8 Å². The number of carbonyl (C=O) groups excluding carboxylic acids is 3. The van der Waals surface area contributed by atoms with Gasteiger partial charge in [0.1, 0.15) is 12.3 Å². The molecule has 4 rings (SSSR count). The lowest BCUT2D eigenvalue weighted by atomic mass is 9.83. The number of nitrogens with one attached hydrogen (secondary N) is 4. The molecule has 0 radical (unpaired) electrons. The molecule has 0 saturated heterocycles. The van der Waals surface area contributed by atoms with E-state index < -0.39 is 6.09 Å². The number of fused-ring (bicyclic) bond motifs is 1. The molecule has 2 saturated carbocycles. The third-order valence-electron chi connectivity index (χ3n) is 6.30. The van der Waals surface area contributed by atoms with Crippen LogP contribution in [0.4, 0.5) is 10.5 Å². The van der Waals surface area contributed by atoms with Crippen LogP contribution >= 0.6 is 0 Å². The van der Waals surface area contributed by atoms with Crippen LogP contribution in [0.15, 0.2) is 36.9 Å². The lowest BCUT2D eigenvalue weighted by Crippen LogP contribution is -2.52. The molecule has 176 valence electrons. The van der Waals surface area contributed by atoms with Gasteiger partial charge in [-0.25, -0.2) is 4.79 Å². The molecule has 2 aliphatic carbocycles. The lowest BCUT2D eigenvalue weighted by Gasteiger charge is -2.32. The van der Waals surface area contributed by atoms with E-state index in [1.807, 2.05) is 6.07 Å². The zero-order valence-electron chi connectivity index (χ0n) is 18.6. The summed E-state index contributed by atoms with van der Waals surface area (Å²) in [6.45, 7) is 3.62. The number of H-pyrrole nitrogens is 1. The van der Waals surface area contributed by atoms with Crippen molar-refractivity contribution < 1.29 is 19.1 Å². The summed E-state index contributed by atoms with van der Waals surface area (Å²) < 4.78 is 4.92. The summed E-state index contributed by atoms with van der Waals surface area (Å²) in [5.74, 6) is -0.244. The lowest BCUT2D eigenvalue weighted by molar-refractivity contribution is -0.127. The monoisotopic (exact) mass is 453 g/mol. The third kappa shape index (κ3) is 5.73. The van der Waals surface area contributed by atoms with Crippen LogP contribution in [0.2, 0.25) is 0 Å². The number of amides is 3. The number of aromatic amines is 1. The van der Waals surface area contributed by atoms with Crippen molar-refractivity contribution in [2.24, 2.45) is 17.6 Å². The largest absolute Gasteiger partial charge is 0.445 e. The molecule has 2 aromatic rings. The number of nitrogens with two attached hydrogens (primary N) is 1. The highest BCUT2D eigenvalue weighted by atomic mass is 16.5. The van der Waals surface area contributed by atoms with Crippen molar-refractivity contribution in [3.63, 3.8) is 0 Å². The van der Waals surface area contributed by atoms with Crippen LogP contribution in [0.25, 0.3) is 10.9 Å². The molecule has 1 aromatic carbocycles. The normalized spacial score (nSPS) is 21.1. The van der Waals surface area contributed by atoms with Crippen LogP contribution in [0.5, 0.6) is 0 Å². The molecule has 0 aliphatic heterocycles. The zero-order valence-corrected chi connectivity index (χ0v) is 18.6. The van der Waals surface area contributed by atoms with Crippen molar-refractivity contribution in [3.8, 4) is 0 Å². The highest BCUT2D eigenvalue weighted by molar-refractivity contribution is 5.99. The molecule has 1 heterocycles. The van der Waals surface area contributed by atoms with Gasteiger partial charge in [0.2, 0.25) is 5.91 Å². The topological polar surface area (TPSA) is 138 Å². The third-order valence-corrected chi connectivity index (χ3v) is 6.30. The van der Waals surface area contributed by atoms with Gasteiger partial charge in [-0.3, -0.25) is 14.9 Å². The minimum absolute atomic E-state index is 0.0740. The average Bonchev–Trinajstić information content (AvgIpc) is 3.57. The second-order valence-corrected chi connectivity index (χ2v) is 8.84. The Balaban J connectivity index is 1.40. The maximum Gasteiger partial charge on any atom is 0.411 e. The summed E-state index contributed by atoms with van der Waals surface area (Å²) >= 11 is 0. The number of hydrogen-bond donors (Lipinski definition) is 5. The Morgan fingerprint density at radius 3 is 2.73 bits per heavy atom. The summed E-state index contributed by atoms with van der Waals surface area (Å²) in [5, 5.41) is 9.45. The van der Waals surface area contributed by atoms with E-state index in [-0.39, 0.29) is 36.5 Å². The molecule has 9 nitrogen and oxygen atoms in total. The van der Waals surface area contributed by atoms with Crippen molar-refractivity contribution in [1.82, 2.24) is 15.6 Å². The summed E-state index contributed by atoms with van der Waals surface area (Å²) in [5.41, 5.74) is 7.72. The molecule has 6 N–H and O–H groups in total. The summed E-state index contributed by atoms with van der Waals surface area (Å²) in [4.78, 5) is 40.6. The number of aromatic nitrogens is 1. The molecule has 0 unspecified atom stereocenters. The molecular formula is C24H31N5O4. The Morgan fingerprint density at radius 2 is 1.97 bits per heavy atom. The van der Waals surface area contributed by atoms with Crippen LogP contribution in [-0.2, 0) is 9.53 Å². The van der Waals surface area contributed by atoms with E-state index in [2.05, 4.69) is 27.5 Å². The Kier molecular flexibility index (Phi) is 6.98. The smallest absolute Gasteiger partial charge is 0.411 e. The fraction of sp³-hybridized carbons (Fsp3) is 0.458. The molecule has 0 spiro atoms. The van der Waals surface area contributed by atoms with E-state index in [9.17, 15) is 14.4 Å². The van der Waals surface area contributed by atoms with E-state index in [1.54, 1.807) is 18.2 Å². The number of hydrogen-bond acceptors (Lipinski definition) is 5. The molecule has 9 heteroatoms. The Morgan fingerprint density at radius 1 is 1.18 bits per heavy atom. The van der Waals surface area contributed by atoms with Gasteiger partial charge < -0.3 is 26.1 Å². The van der Waals surface area contributed by atoms with Crippen LogP contribution in [0, 0.1) is 11.8 Å². The van der Waals surface area contributed by atoms with Gasteiger partial charge >= 0.3 is 6.09 Å². The number of ether oxygens (including phenoxy) is 1. The second kappa shape index (κ2) is 10.1. The zero-order chi connectivity index (χ0) is 23.4.